The number of anilines is 2. The van der Waals surface area contributed by atoms with Crippen LogP contribution in [0.1, 0.15) is 11.5 Å². The Labute approximate surface area is 141 Å². The molecule has 0 bridgehead atoms. The van der Waals surface area contributed by atoms with Crippen LogP contribution in [-0.2, 0) is 12.7 Å². The molecule has 0 aliphatic carbocycles. The summed E-state index contributed by atoms with van der Waals surface area (Å²) in [4.78, 5) is 3.68. The predicted octanol–water partition coefficient (Wildman–Crippen LogP) is 4.70. The molecule has 0 saturated carbocycles. The van der Waals surface area contributed by atoms with Gasteiger partial charge in [-0.25, -0.2) is 0 Å². The van der Waals surface area contributed by atoms with Crippen molar-refractivity contribution in [3.05, 3.63) is 60.0 Å². The van der Waals surface area contributed by atoms with Crippen molar-refractivity contribution in [1.29, 1.82) is 0 Å². The van der Waals surface area contributed by atoms with Gasteiger partial charge in [0.25, 0.3) is 0 Å². The summed E-state index contributed by atoms with van der Waals surface area (Å²) in [6.07, 6.45) is -4.37. The molecule has 0 aliphatic rings. The molecule has 0 aliphatic heterocycles. The zero-order valence-electron chi connectivity index (χ0n) is 12.9. The van der Waals surface area contributed by atoms with Crippen LogP contribution in [0.4, 0.5) is 24.5 Å². The molecule has 0 radical (unpaired) electrons. The summed E-state index contributed by atoms with van der Waals surface area (Å²) in [5.74, 6) is 0.614. The number of halogens is 3. The summed E-state index contributed by atoms with van der Waals surface area (Å²) in [7, 11) is 0. The van der Waals surface area contributed by atoms with Crippen molar-refractivity contribution in [1.82, 2.24) is 10.2 Å². The zero-order valence-corrected chi connectivity index (χ0v) is 12.9. The van der Waals surface area contributed by atoms with E-state index in [1.807, 2.05) is 0 Å². The van der Waals surface area contributed by atoms with Gasteiger partial charge in [0.2, 0.25) is 11.8 Å². The molecule has 25 heavy (non-hydrogen) atoms. The molecule has 1 aromatic heterocycles. The van der Waals surface area contributed by atoms with Gasteiger partial charge in [-0.15, -0.1) is 10.2 Å². The van der Waals surface area contributed by atoms with E-state index < -0.39 is 11.7 Å². The van der Waals surface area contributed by atoms with Gasteiger partial charge in [0, 0.05) is 5.69 Å². The minimum absolute atomic E-state index is 0.210. The zero-order chi connectivity index (χ0) is 17.9. The van der Waals surface area contributed by atoms with Crippen molar-refractivity contribution < 1.29 is 17.6 Å². The molecule has 2 aromatic carbocycles. The molecule has 3 rings (SSSR count). The van der Waals surface area contributed by atoms with Gasteiger partial charge in [0.1, 0.15) is 6.54 Å². The lowest BCUT2D eigenvalue weighted by atomic mass is 10.1. The van der Waals surface area contributed by atoms with Crippen molar-refractivity contribution in [3.63, 3.8) is 0 Å². The number of nitrogens with zero attached hydrogens (tertiary/aromatic N) is 3. The van der Waals surface area contributed by atoms with Crippen LogP contribution in [0.15, 0.2) is 57.9 Å². The van der Waals surface area contributed by atoms with Crippen LogP contribution in [0, 0.1) is 0 Å². The van der Waals surface area contributed by atoms with E-state index in [2.05, 4.69) is 27.2 Å². The summed E-state index contributed by atoms with van der Waals surface area (Å²) in [5.41, 5.74) is 1.06. The van der Waals surface area contributed by atoms with Crippen LogP contribution in [-0.4, -0.2) is 16.9 Å². The molecule has 8 heteroatoms. The largest absolute Gasteiger partial charge is 0.419 e. The number of hydrogen-bond donors (Lipinski definition) is 1. The number of hydrogen-bond acceptors (Lipinski definition) is 5. The summed E-state index contributed by atoms with van der Waals surface area (Å²) in [6, 6.07) is 11.9. The molecule has 0 atom stereocenters. The van der Waals surface area contributed by atoms with E-state index in [-0.39, 0.29) is 12.4 Å². The standard InChI is InChI=1S/C17H13F3N4O/c1-21-10-15-23-24-16(25-15)13-4-2-3-5-14(13)22-12-8-6-11(7-9-12)17(18,19)20/h2-9,22H,1,10H2. The van der Waals surface area contributed by atoms with Gasteiger partial charge in [0.15, 0.2) is 0 Å². The molecule has 0 saturated heterocycles. The first kappa shape index (κ1) is 16.7. The average Bonchev–Trinajstić information content (AvgIpc) is 3.04. The van der Waals surface area contributed by atoms with Gasteiger partial charge < -0.3 is 9.73 Å². The molecule has 0 amide bonds. The second-order valence-corrected chi connectivity index (χ2v) is 5.13. The Hall–Kier alpha value is -3.16. The van der Waals surface area contributed by atoms with E-state index in [4.69, 9.17) is 4.42 Å². The molecule has 3 aromatic rings. The van der Waals surface area contributed by atoms with Crippen molar-refractivity contribution >= 4 is 18.1 Å². The van der Waals surface area contributed by atoms with Crippen molar-refractivity contribution in [3.8, 4) is 11.5 Å². The van der Waals surface area contributed by atoms with Crippen LogP contribution < -0.4 is 5.32 Å². The number of alkyl halides is 3. The fraction of sp³-hybridized carbons (Fsp3) is 0.118. The molecule has 0 spiro atoms. The van der Waals surface area contributed by atoms with E-state index in [0.717, 1.165) is 12.1 Å². The first-order valence-corrected chi connectivity index (χ1v) is 7.26. The number of benzene rings is 2. The van der Waals surface area contributed by atoms with Crippen LogP contribution in [0.5, 0.6) is 0 Å². The van der Waals surface area contributed by atoms with Crippen molar-refractivity contribution in [2.75, 3.05) is 5.32 Å². The quantitative estimate of drug-likeness (QED) is 0.680. The minimum atomic E-state index is -4.37. The smallest absolute Gasteiger partial charge is 0.416 e. The highest BCUT2D eigenvalue weighted by Gasteiger charge is 2.29. The molecule has 128 valence electrons. The highest BCUT2D eigenvalue weighted by atomic mass is 19.4. The third-order valence-corrected chi connectivity index (χ3v) is 3.36. The van der Waals surface area contributed by atoms with Gasteiger partial charge in [-0.3, -0.25) is 4.99 Å². The number of para-hydroxylation sites is 1. The van der Waals surface area contributed by atoms with E-state index in [0.29, 0.717) is 22.8 Å². The summed E-state index contributed by atoms with van der Waals surface area (Å²) >= 11 is 0. The minimum Gasteiger partial charge on any atom is -0.419 e. The van der Waals surface area contributed by atoms with E-state index in [9.17, 15) is 13.2 Å². The molecule has 1 heterocycles. The predicted molar refractivity (Wildman–Crippen MR) is 87.7 cm³/mol. The van der Waals surface area contributed by atoms with Gasteiger partial charge >= 0.3 is 6.18 Å². The fourth-order valence-electron chi connectivity index (χ4n) is 2.20. The normalized spacial score (nSPS) is 11.3. The average molecular weight is 346 g/mol. The van der Waals surface area contributed by atoms with Gasteiger partial charge in [0.05, 0.1) is 16.8 Å². The maximum atomic E-state index is 12.6. The van der Waals surface area contributed by atoms with Crippen molar-refractivity contribution in [2.45, 2.75) is 12.7 Å². The second-order valence-electron chi connectivity index (χ2n) is 5.13. The Bertz CT molecular complexity index is 872. The van der Waals surface area contributed by atoms with Crippen molar-refractivity contribution in [2.24, 2.45) is 4.99 Å². The molecular formula is C17H13F3N4O. The Morgan fingerprint density at radius 2 is 1.76 bits per heavy atom. The number of aromatic nitrogens is 2. The summed E-state index contributed by atoms with van der Waals surface area (Å²) in [5, 5.41) is 10.9. The topological polar surface area (TPSA) is 63.3 Å². The van der Waals surface area contributed by atoms with E-state index >= 15 is 0 Å². The van der Waals surface area contributed by atoms with Crippen LogP contribution in [0.2, 0.25) is 0 Å². The van der Waals surface area contributed by atoms with E-state index in [1.54, 1.807) is 24.3 Å². The third kappa shape index (κ3) is 3.85. The molecule has 5 nitrogen and oxygen atoms in total. The molecular weight excluding hydrogens is 333 g/mol. The summed E-state index contributed by atoms with van der Waals surface area (Å²) in [6.45, 7) is 3.58. The number of aliphatic imine (C=N–C) groups is 1. The van der Waals surface area contributed by atoms with Gasteiger partial charge in [-0.1, -0.05) is 12.1 Å². The van der Waals surface area contributed by atoms with Crippen LogP contribution in [0.25, 0.3) is 11.5 Å². The number of nitrogens with one attached hydrogen (secondary N) is 1. The Morgan fingerprint density at radius 1 is 1.04 bits per heavy atom. The lowest BCUT2D eigenvalue weighted by molar-refractivity contribution is -0.137. The van der Waals surface area contributed by atoms with Gasteiger partial charge in [-0.2, -0.15) is 13.2 Å². The SMILES string of the molecule is C=NCc1nnc(-c2ccccc2Nc2ccc(C(F)(F)F)cc2)o1. The molecule has 1 N–H and O–H groups in total. The Kier molecular flexibility index (Phi) is 4.51. The van der Waals surface area contributed by atoms with Crippen LogP contribution >= 0.6 is 0 Å². The molecule has 0 unspecified atom stereocenters. The number of rotatable bonds is 5. The first-order valence-electron chi connectivity index (χ1n) is 7.26. The Balaban J connectivity index is 1.87. The maximum Gasteiger partial charge on any atom is 0.416 e. The lowest BCUT2D eigenvalue weighted by Gasteiger charge is -2.11. The van der Waals surface area contributed by atoms with Gasteiger partial charge in [-0.05, 0) is 43.1 Å². The monoisotopic (exact) mass is 346 g/mol. The van der Waals surface area contributed by atoms with Crippen LogP contribution in [0.3, 0.4) is 0 Å². The highest BCUT2D eigenvalue weighted by molar-refractivity contribution is 5.76. The maximum absolute atomic E-state index is 12.6. The highest BCUT2D eigenvalue weighted by Crippen LogP contribution is 2.32. The fourth-order valence-corrected chi connectivity index (χ4v) is 2.20. The first-order chi connectivity index (χ1) is 12.0. The third-order valence-electron chi connectivity index (χ3n) is 3.36. The summed E-state index contributed by atoms with van der Waals surface area (Å²) < 4.78 is 43.4. The Morgan fingerprint density at radius 3 is 2.44 bits per heavy atom. The van der Waals surface area contributed by atoms with E-state index in [1.165, 1.54) is 12.1 Å². The molecule has 0 fully saturated rings. The lowest BCUT2D eigenvalue weighted by Crippen LogP contribution is -2.04. The second kappa shape index (κ2) is 6.76.